The molecule has 0 aliphatic carbocycles. The van der Waals surface area contributed by atoms with Crippen LogP contribution in [0.4, 0.5) is 4.79 Å². The van der Waals surface area contributed by atoms with Crippen LogP contribution < -0.4 is 4.72 Å². The normalized spacial score (nSPS) is 27.2. The highest BCUT2D eigenvalue weighted by molar-refractivity contribution is 7.92. The summed E-state index contributed by atoms with van der Waals surface area (Å²) in [7, 11) is 0. The van der Waals surface area contributed by atoms with Gasteiger partial charge in [-0.25, -0.2) is 9.78 Å². The fourth-order valence-corrected chi connectivity index (χ4v) is 3.53. The van der Waals surface area contributed by atoms with Crippen molar-refractivity contribution in [2.24, 2.45) is 0 Å². The summed E-state index contributed by atoms with van der Waals surface area (Å²) in [4.78, 5) is 14.6. The van der Waals surface area contributed by atoms with Crippen LogP contribution in [-0.4, -0.2) is 33.1 Å². The summed E-state index contributed by atoms with van der Waals surface area (Å²) in [5, 5.41) is 9.12. The van der Waals surface area contributed by atoms with Gasteiger partial charge in [-0.1, -0.05) is 11.3 Å². The van der Waals surface area contributed by atoms with E-state index >= 15 is 0 Å². The first kappa shape index (κ1) is 14.5. The maximum absolute atomic E-state index is 11.6. The maximum Gasteiger partial charge on any atom is 0.446 e. The lowest BCUT2D eigenvalue weighted by molar-refractivity contribution is -0.159. The molecule has 2 unspecified atom stereocenters. The molecule has 2 rings (SSSR count). The number of carbonyl (C=O) groups is 1. The van der Waals surface area contributed by atoms with Crippen molar-refractivity contribution in [3.8, 4) is 0 Å². The monoisotopic (exact) mass is 306 g/mol. The zero-order valence-corrected chi connectivity index (χ0v) is 12.3. The van der Waals surface area contributed by atoms with E-state index in [0.29, 0.717) is 15.8 Å². The number of amides is 1. The third-order valence-corrected chi connectivity index (χ3v) is 5.04. The molecule has 1 fully saturated rings. The summed E-state index contributed by atoms with van der Waals surface area (Å²) in [5.74, 6) is -0.695. The highest BCUT2D eigenvalue weighted by atomic mass is 32.2. The number of carboxylic acid groups (broad SMARTS) is 1. The number of hydrogen-bond acceptors (Lipinski definition) is 6. The van der Waals surface area contributed by atoms with Gasteiger partial charge < -0.3 is 19.1 Å². The second-order valence-corrected chi connectivity index (χ2v) is 7.15. The molecular formula is C10H14N2O5S2. The van der Waals surface area contributed by atoms with Crippen molar-refractivity contribution >= 4 is 28.8 Å². The predicted molar refractivity (Wildman–Crippen MR) is 68.2 cm³/mol. The van der Waals surface area contributed by atoms with E-state index in [9.17, 15) is 9.35 Å². The second kappa shape index (κ2) is 4.91. The fraction of sp³-hybridized carbons (Fsp3) is 0.600. The minimum absolute atomic E-state index is 0.326. The lowest BCUT2D eigenvalue weighted by Crippen LogP contribution is -2.28. The first-order valence-electron chi connectivity index (χ1n) is 5.44. The summed E-state index contributed by atoms with van der Waals surface area (Å²) in [5.41, 5.74) is -0.708. The Labute approximate surface area is 117 Å². The van der Waals surface area contributed by atoms with E-state index in [1.165, 1.54) is 6.20 Å². The minimum Gasteiger partial charge on any atom is -0.587 e. The zero-order valence-electron chi connectivity index (χ0n) is 10.6. The Morgan fingerprint density at radius 3 is 2.84 bits per heavy atom. The molecule has 1 amide bonds. The van der Waals surface area contributed by atoms with E-state index in [2.05, 4.69) is 4.98 Å². The number of ether oxygens (including phenoxy) is 2. The quantitative estimate of drug-likeness (QED) is 0.819. The van der Waals surface area contributed by atoms with Crippen LogP contribution in [0.15, 0.2) is 10.4 Å². The smallest absolute Gasteiger partial charge is 0.446 e. The van der Waals surface area contributed by atoms with Crippen LogP contribution in [0.2, 0.25) is 0 Å². The van der Waals surface area contributed by atoms with Crippen molar-refractivity contribution in [2.75, 3.05) is 6.61 Å². The number of nitrogens with one attached hydrogen (secondary N) is 1. The first-order valence-corrected chi connectivity index (χ1v) is 7.40. The van der Waals surface area contributed by atoms with Gasteiger partial charge in [0, 0.05) is 0 Å². The van der Waals surface area contributed by atoms with Gasteiger partial charge in [0.1, 0.15) is 22.0 Å². The Kier molecular flexibility index (Phi) is 3.76. The molecule has 2 N–H and O–H groups in total. The summed E-state index contributed by atoms with van der Waals surface area (Å²) in [6.07, 6.45) is 0.0347. The average Bonchev–Trinajstić information content (AvgIpc) is 2.83. The third kappa shape index (κ3) is 3.18. The van der Waals surface area contributed by atoms with Crippen LogP contribution in [-0.2, 0) is 26.4 Å². The largest absolute Gasteiger partial charge is 0.587 e. The van der Waals surface area contributed by atoms with E-state index in [-0.39, 0.29) is 0 Å². The molecule has 0 aromatic carbocycles. The lowest BCUT2D eigenvalue weighted by atomic mass is 10.1. The molecule has 106 valence electrons. The van der Waals surface area contributed by atoms with Crippen molar-refractivity contribution < 1.29 is 23.9 Å². The number of hydrogen-bond donors (Lipinski definition) is 2. The molecule has 0 saturated carbocycles. The minimum atomic E-state index is -1.82. The lowest BCUT2D eigenvalue weighted by Gasteiger charge is -2.22. The van der Waals surface area contributed by atoms with Gasteiger partial charge in [-0.2, -0.15) is 0 Å². The van der Waals surface area contributed by atoms with Crippen LogP contribution in [0.5, 0.6) is 0 Å². The number of nitrogens with zero attached hydrogens (tertiary/aromatic N) is 1. The molecule has 2 atom stereocenters. The highest BCUT2D eigenvalue weighted by Gasteiger charge is 2.45. The van der Waals surface area contributed by atoms with E-state index in [1.807, 2.05) is 11.6 Å². The van der Waals surface area contributed by atoms with E-state index in [4.69, 9.17) is 14.6 Å². The van der Waals surface area contributed by atoms with Gasteiger partial charge in [-0.15, -0.1) is 4.72 Å². The molecule has 0 spiro atoms. The highest BCUT2D eigenvalue weighted by Crippen LogP contribution is 2.40. The van der Waals surface area contributed by atoms with Crippen molar-refractivity contribution in [1.29, 1.82) is 0 Å². The Hall–Kier alpha value is -0.870. The van der Waals surface area contributed by atoms with Crippen molar-refractivity contribution in [1.82, 2.24) is 9.71 Å². The molecule has 2 heterocycles. The van der Waals surface area contributed by atoms with Gasteiger partial charge in [0.2, 0.25) is 0 Å². The molecule has 0 radical (unpaired) electrons. The third-order valence-electron chi connectivity index (χ3n) is 2.47. The van der Waals surface area contributed by atoms with Crippen LogP contribution in [0.25, 0.3) is 0 Å². The molecule has 1 aromatic heterocycles. The van der Waals surface area contributed by atoms with Crippen LogP contribution in [0.1, 0.15) is 25.8 Å². The Morgan fingerprint density at radius 2 is 2.32 bits per heavy atom. The van der Waals surface area contributed by atoms with E-state index < -0.39 is 28.8 Å². The standard InChI is InChI=1S/C10H14N2O5S2/c1-9(2)16-5-10(3,17-9)7-11-4-6(18-7)19(15)12-8(13)14/h4,12H,5H2,1-3H3,(H,13,14). The molecule has 19 heavy (non-hydrogen) atoms. The summed E-state index contributed by atoms with van der Waals surface area (Å²) in [6.45, 7) is 5.78. The Bertz CT molecular complexity index is 492. The summed E-state index contributed by atoms with van der Waals surface area (Å²) in [6, 6.07) is 0. The molecule has 0 bridgehead atoms. The molecular weight excluding hydrogens is 292 g/mol. The average molecular weight is 306 g/mol. The van der Waals surface area contributed by atoms with Gasteiger partial charge in [0.15, 0.2) is 5.79 Å². The van der Waals surface area contributed by atoms with Crippen LogP contribution in [0.3, 0.4) is 0 Å². The molecule has 1 aliphatic rings. The van der Waals surface area contributed by atoms with Crippen molar-refractivity contribution in [3.05, 3.63) is 11.2 Å². The SMILES string of the molecule is CC1(C)OCC(C)(c2ncc([S+]([O-])NC(=O)O)s2)O1. The molecule has 7 nitrogen and oxygen atoms in total. The topological polar surface area (TPSA) is 104 Å². The molecule has 1 aromatic rings. The number of thiazole rings is 1. The van der Waals surface area contributed by atoms with Gasteiger partial charge in [-0.05, 0) is 20.8 Å². The molecule has 9 heteroatoms. The number of rotatable bonds is 3. The van der Waals surface area contributed by atoms with Crippen LogP contribution >= 0.6 is 11.3 Å². The predicted octanol–water partition coefficient (Wildman–Crippen LogP) is 1.43. The van der Waals surface area contributed by atoms with E-state index in [1.54, 1.807) is 13.8 Å². The van der Waals surface area contributed by atoms with Crippen molar-refractivity contribution in [2.45, 2.75) is 36.4 Å². The van der Waals surface area contributed by atoms with Gasteiger partial charge in [0.05, 0.1) is 12.8 Å². The zero-order chi connectivity index (χ0) is 14.3. The van der Waals surface area contributed by atoms with E-state index in [0.717, 1.165) is 11.3 Å². The second-order valence-electron chi connectivity index (χ2n) is 4.68. The van der Waals surface area contributed by atoms with Crippen molar-refractivity contribution in [3.63, 3.8) is 0 Å². The maximum atomic E-state index is 11.6. The van der Waals surface area contributed by atoms with Crippen LogP contribution in [0, 0.1) is 0 Å². The van der Waals surface area contributed by atoms with Gasteiger partial charge in [0.25, 0.3) is 4.21 Å². The Morgan fingerprint density at radius 1 is 1.63 bits per heavy atom. The fourth-order valence-electron chi connectivity index (χ4n) is 1.74. The van der Waals surface area contributed by atoms with Gasteiger partial charge >= 0.3 is 6.09 Å². The molecule has 1 aliphatic heterocycles. The number of aromatic nitrogens is 1. The summed E-state index contributed by atoms with van der Waals surface area (Å²) >= 11 is -0.682. The van der Waals surface area contributed by atoms with Gasteiger partial charge in [-0.3, -0.25) is 0 Å². The molecule has 1 saturated heterocycles. The Balaban J connectivity index is 2.15. The first-order chi connectivity index (χ1) is 8.72. The summed E-state index contributed by atoms with van der Waals surface area (Å²) < 4.78 is 25.1.